The molecule has 1 fully saturated rings. The molecule has 1 saturated heterocycles. The Hall–Kier alpha value is -1.94. The SMILES string of the molecule is O=C(O)c1ccccc1Sc1ccc(N2CCCC2)cc1. The van der Waals surface area contributed by atoms with E-state index >= 15 is 0 Å². The number of carboxylic acids is 1. The molecule has 0 aromatic heterocycles. The zero-order valence-electron chi connectivity index (χ0n) is 11.7. The summed E-state index contributed by atoms with van der Waals surface area (Å²) in [5.41, 5.74) is 1.61. The summed E-state index contributed by atoms with van der Waals surface area (Å²) in [7, 11) is 0. The summed E-state index contributed by atoms with van der Waals surface area (Å²) in [5.74, 6) is -0.883. The molecule has 1 aliphatic heterocycles. The van der Waals surface area contributed by atoms with Crippen LogP contribution in [0.5, 0.6) is 0 Å². The van der Waals surface area contributed by atoms with Gasteiger partial charge in [0.15, 0.2) is 0 Å². The van der Waals surface area contributed by atoms with E-state index in [9.17, 15) is 9.90 Å². The molecule has 108 valence electrons. The van der Waals surface area contributed by atoms with E-state index in [4.69, 9.17) is 0 Å². The van der Waals surface area contributed by atoms with Gasteiger partial charge in [0, 0.05) is 28.6 Å². The highest BCUT2D eigenvalue weighted by Crippen LogP contribution is 2.32. The largest absolute Gasteiger partial charge is 0.478 e. The number of carboxylic acid groups (broad SMARTS) is 1. The zero-order valence-corrected chi connectivity index (χ0v) is 12.5. The molecule has 1 heterocycles. The lowest BCUT2D eigenvalue weighted by molar-refractivity contribution is 0.0693. The number of anilines is 1. The summed E-state index contributed by atoms with van der Waals surface area (Å²) in [6.07, 6.45) is 2.53. The lowest BCUT2D eigenvalue weighted by Gasteiger charge is -2.17. The third kappa shape index (κ3) is 3.22. The summed E-state index contributed by atoms with van der Waals surface area (Å²) in [6, 6.07) is 15.5. The zero-order chi connectivity index (χ0) is 14.7. The van der Waals surface area contributed by atoms with Gasteiger partial charge in [-0.3, -0.25) is 0 Å². The summed E-state index contributed by atoms with van der Waals surface area (Å²) in [5, 5.41) is 9.21. The van der Waals surface area contributed by atoms with Crippen molar-refractivity contribution >= 4 is 23.4 Å². The minimum absolute atomic E-state index is 0.353. The molecule has 0 saturated carbocycles. The van der Waals surface area contributed by atoms with Crippen LogP contribution in [0.25, 0.3) is 0 Å². The third-order valence-corrected chi connectivity index (χ3v) is 4.74. The van der Waals surface area contributed by atoms with E-state index in [0.717, 1.165) is 22.9 Å². The summed E-state index contributed by atoms with van der Waals surface area (Å²) >= 11 is 1.49. The van der Waals surface area contributed by atoms with E-state index in [0.29, 0.717) is 5.56 Å². The number of rotatable bonds is 4. The average Bonchev–Trinajstić information content (AvgIpc) is 3.03. The lowest BCUT2D eigenvalue weighted by atomic mass is 10.2. The highest BCUT2D eigenvalue weighted by molar-refractivity contribution is 7.99. The van der Waals surface area contributed by atoms with Gasteiger partial charge in [-0.05, 0) is 49.2 Å². The van der Waals surface area contributed by atoms with Crippen LogP contribution in [0.2, 0.25) is 0 Å². The highest BCUT2D eigenvalue weighted by Gasteiger charge is 2.13. The van der Waals surface area contributed by atoms with Crippen LogP contribution in [0.1, 0.15) is 23.2 Å². The molecule has 0 atom stereocenters. The fourth-order valence-corrected chi connectivity index (χ4v) is 3.50. The Morgan fingerprint density at radius 2 is 1.67 bits per heavy atom. The van der Waals surface area contributed by atoms with Crippen LogP contribution in [-0.2, 0) is 0 Å². The molecule has 1 N–H and O–H groups in total. The minimum Gasteiger partial charge on any atom is -0.478 e. The Morgan fingerprint density at radius 1 is 1.00 bits per heavy atom. The molecule has 4 heteroatoms. The molecule has 0 bridgehead atoms. The minimum atomic E-state index is -0.883. The monoisotopic (exact) mass is 299 g/mol. The molecule has 0 aliphatic carbocycles. The molecule has 3 nitrogen and oxygen atoms in total. The Labute approximate surface area is 128 Å². The number of hydrogen-bond donors (Lipinski definition) is 1. The van der Waals surface area contributed by atoms with Gasteiger partial charge in [-0.1, -0.05) is 23.9 Å². The molecular weight excluding hydrogens is 282 g/mol. The molecule has 0 radical (unpaired) electrons. The third-order valence-electron chi connectivity index (χ3n) is 3.65. The smallest absolute Gasteiger partial charge is 0.336 e. The van der Waals surface area contributed by atoms with Crippen molar-refractivity contribution in [3.05, 3.63) is 54.1 Å². The van der Waals surface area contributed by atoms with Crippen molar-refractivity contribution < 1.29 is 9.90 Å². The first kappa shape index (κ1) is 14.0. The first-order valence-electron chi connectivity index (χ1n) is 7.09. The quantitative estimate of drug-likeness (QED) is 0.921. The Kier molecular flexibility index (Phi) is 4.15. The summed E-state index contributed by atoms with van der Waals surface area (Å²) in [6.45, 7) is 2.27. The molecule has 3 rings (SSSR count). The predicted molar refractivity (Wildman–Crippen MR) is 85.4 cm³/mol. The standard InChI is InChI=1S/C17H17NO2S/c19-17(20)15-5-1-2-6-16(15)21-14-9-7-13(8-10-14)18-11-3-4-12-18/h1-2,5-10H,3-4,11-12H2,(H,19,20). The first-order valence-corrected chi connectivity index (χ1v) is 7.91. The van der Waals surface area contributed by atoms with Crippen LogP contribution in [0.4, 0.5) is 5.69 Å². The molecular formula is C17H17NO2S. The number of aromatic carboxylic acids is 1. The van der Waals surface area contributed by atoms with Crippen LogP contribution < -0.4 is 4.90 Å². The molecule has 1 aliphatic rings. The van der Waals surface area contributed by atoms with Gasteiger partial charge >= 0.3 is 5.97 Å². The molecule has 0 unspecified atom stereocenters. The van der Waals surface area contributed by atoms with Gasteiger partial charge < -0.3 is 10.0 Å². The van der Waals surface area contributed by atoms with E-state index in [2.05, 4.69) is 29.2 Å². The van der Waals surface area contributed by atoms with Crippen molar-refractivity contribution in [2.45, 2.75) is 22.6 Å². The van der Waals surface area contributed by atoms with Crippen LogP contribution in [-0.4, -0.2) is 24.2 Å². The second kappa shape index (κ2) is 6.22. The highest BCUT2D eigenvalue weighted by atomic mass is 32.2. The number of carbonyl (C=O) groups is 1. The van der Waals surface area contributed by atoms with E-state index in [-0.39, 0.29) is 0 Å². The van der Waals surface area contributed by atoms with Crippen molar-refractivity contribution in [2.75, 3.05) is 18.0 Å². The van der Waals surface area contributed by atoms with Crippen LogP contribution in [0.3, 0.4) is 0 Å². The maximum atomic E-state index is 11.2. The lowest BCUT2D eigenvalue weighted by Crippen LogP contribution is -2.17. The summed E-state index contributed by atoms with van der Waals surface area (Å²) < 4.78 is 0. The van der Waals surface area contributed by atoms with Gasteiger partial charge in [0.1, 0.15) is 0 Å². The second-order valence-corrected chi connectivity index (χ2v) is 6.21. The maximum absolute atomic E-state index is 11.2. The molecule has 21 heavy (non-hydrogen) atoms. The summed E-state index contributed by atoms with van der Waals surface area (Å²) in [4.78, 5) is 15.4. The van der Waals surface area contributed by atoms with Gasteiger partial charge in [0.05, 0.1) is 5.56 Å². The number of hydrogen-bond acceptors (Lipinski definition) is 3. The van der Waals surface area contributed by atoms with E-state index in [1.54, 1.807) is 12.1 Å². The molecule has 2 aromatic rings. The Balaban J connectivity index is 1.77. The van der Waals surface area contributed by atoms with Crippen molar-refractivity contribution in [3.63, 3.8) is 0 Å². The maximum Gasteiger partial charge on any atom is 0.336 e. The normalized spacial score (nSPS) is 14.4. The predicted octanol–water partition coefficient (Wildman–Crippen LogP) is 4.14. The van der Waals surface area contributed by atoms with Crippen molar-refractivity contribution in [1.29, 1.82) is 0 Å². The van der Waals surface area contributed by atoms with E-state index < -0.39 is 5.97 Å². The molecule has 0 amide bonds. The van der Waals surface area contributed by atoms with Crippen molar-refractivity contribution in [1.82, 2.24) is 0 Å². The Morgan fingerprint density at radius 3 is 2.33 bits per heavy atom. The first-order chi connectivity index (χ1) is 10.2. The number of nitrogens with zero attached hydrogens (tertiary/aromatic N) is 1. The van der Waals surface area contributed by atoms with Crippen molar-refractivity contribution in [2.24, 2.45) is 0 Å². The molecule has 0 spiro atoms. The van der Waals surface area contributed by atoms with E-state index in [1.165, 1.54) is 30.3 Å². The fraction of sp³-hybridized carbons (Fsp3) is 0.235. The van der Waals surface area contributed by atoms with Gasteiger partial charge in [-0.2, -0.15) is 0 Å². The fourth-order valence-electron chi connectivity index (χ4n) is 2.56. The average molecular weight is 299 g/mol. The van der Waals surface area contributed by atoms with Gasteiger partial charge in [0.25, 0.3) is 0 Å². The topological polar surface area (TPSA) is 40.5 Å². The number of benzene rings is 2. The van der Waals surface area contributed by atoms with Crippen LogP contribution in [0, 0.1) is 0 Å². The van der Waals surface area contributed by atoms with E-state index in [1.807, 2.05) is 12.1 Å². The Bertz CT molecular complexity index is 633. The second-order valence-electron chi connectivity index (χ2n) is 5.09. The van der Waals surface area contributed by atoms with Crippen LogP contribution in [0.15, 0.2) is 58.3 Å². The van der Waals surface area contributed by atoms with Gasteiger partial charge in [-0.15, -0.1) is 0 Å². The van der Waals surface area contributed by atoms with Gasteiger partial charge in [-0.25, -0.2) is 4.79 Å². The van der Waals surface area contributed by atoms with Crippen molar-refractivity contribution in [3.8, 4) is 0 Å². The molecule has 2 aromatic carbocycles. The van der Waals surface area contributed by atoms with Crippen LogP contribution >= 0.6 is 11.8 Å². The van der Waals surface area contributed by atoms with Gasteiger partial charge in [0.2, 0.25) is 0 Å².